The molecule has 0 aliphatic carbocycles. The van der Waals surface area contributed by atoms with Crippen molar-refractivity contribution in [3.8, 4) is 0 Å². The molecule has 31 heavy (non-hydrogen) atoms. The molecule has 1 N–H and O–H groups in total. The number of urea groups is 1. The number of likely N-dealkylation sites (tertiary alicyclic amines) is 1. The number of hydrogen-bond donors (Lipinski definition) is 1. The van der Waals surface area contributed by atoms with Crippen LogP contribution in [0.1, 0.15) is 36.0 Å². The molecule has 2 aromatic rings. The Hall–Kier alpha value is -2.47. The Morgan fingerprint density at radius 2 is 1.74 bits per heavy atom. The minimum absolute atomic E-state index is 0.0477. The first kappa shape index (κ1) is 21.8. The molecule has 3 amide bonds. The molecule has 0 atom stereocenters. The summed E-state index contributed by atoms with van der Waals surface area (Å²) in [6.07, 6.45) is 2.98. The van der Waals surface area contributed by atoms with Crippen LogP contribution >= 0.6 is 11.8 Å². The molecule has 0 aromatic heterocycles. The van der Waals surface area contributed by atoms with Gasteiger partial charge >= 0.3 is 6.03 Å². The fraction of sp³-hybridized carbons (Fsp3) is 0.440. The molecule has 2 saturated heterocycles. The van der Waals surface area contributed by atoms with Gasteiger partial charge in [-0.05, 0) is 55.9 Å². The summed E-state index contributed by atoms with van der Waals surface area (Å²) < 4.78 is 0. The maximum absolute atomic E-state index is 13.0. The zero-order valence-corrected chi connectivity index (χ0v) is 19.2. The topological polar surface area (TPSA) is 52.7 Å². The number of carbonyl (C=O) groups excluding carboxylic acids is 2. The van der Waals surface area contributed by atoms with Gasteiger partial charge < -0.3 is 15.1 Å². The zero-order chi connectivity index (χ0) is 21.8. The third kappa shape index (κ3) is 4.74. The number of carbonyl (C=O) groups is 2. The van der Waals surface area contributed by atoms with Crippen molar-refractivity contribution in [3.63, 3.8) is 0 Å². The van der Waals surface area contributed by atoms with E-state index in [-0.39, 0.29) is 16.8 Å². The van der Waals surface area contributed by atoms with Crippen LogP contribution in [0.5, 0.6) is 0 Å². The predicted octanol–water partition coefficient (Wildman–Crippen LogP) is 4.84. The Bertz CT molecular complexity index is 939. The van der Waals surface area contributed by atoms with Gasteiger partial charge in [-0.15, -0.1) is 11.8 Å². The van der Waals surface area contributed by atoms with Crippen LogP contribution in [0, 0.1) is 13.8 Å². The van der Waals surface area contributed by atoms with Crippen LogP contribution in [0.25, 0.3) is 0 Å². The van der Waals surface area contributed by atoms with E-state index >= 15 is 0 Å². The highest BCUT2D eigenvalue weighted by Crippen LogP contribution is 2.44. The quantitative estimate of drug-likeness (QED) is 0.745. The van der Waals surface area contributed by atoms with Crippen molar-refractivity contribution in [1.82, 2.24) is 9.80 Å². The number of aryl methyl sites for hydroxylation is 2. The second-order valence-corrected chi connectivity index (χ2v) is 9.95. The molecule has 5 nitrogen and oxygen atoms in total. The van der Waals surface area contributed by atoms with Crippen LogP contribution in [0.2, 0.25) is 0 Å². The van der Waals surface area contributed by atoms with Crippen molar-refractivity contribution < 1.29 is 9.59 Å². The van der Waals surface area contributed by atoms with Crippen LogP contribution in [0.4, 0.5) is 10.5 Å². The van der Waals surface area contributed by atoms with Gasteiger partial charge in [0.1, 0.15) is 0 Å². The summed E-state index contributed by atoms with van der Waals surface area (Å²) in [7, 11) is 0. The lowest BCUT2D eigenvalue weighted by Crippen LogP contribution is -2.54. The number of benzene rings is 2. The first-order valence-electron chi connectivity index (χ1n) is 11.1. The van der Waals surface area contributed by atoms with Gasteiger partial charge in [-0.3, -0.25) is 4.79 Å². The molecule has 6 heteroatoms. The maximum Gasteiger partial charge on any atom is 0.321 e. The van der Waals surface area contributed by atoms with E-state index in [0.717, 1.165) is 42.8 Å². The highest BCUT2D eigenvalue weighted by molar-refractivity contribution is 8.00. The lowest BCUT2D eigenvalue weighted by atomic mass is 10.0. The molecule has 0 radical (unpaired) electrons. The zero-order valence-electron chi connectivity index (χ0n) is 18.4. The van der Waals surface area contributed by atoms with Gasteiger partial charge in [-0.2, -0.15) is 0 Å². The van der Waals surface area contributed by atoms with Gasteiger partial charge in [0.05, 0.1) is 4.87 Å². The van der Waals surface area contributed by atoms with E-state index in [9.17, 15) is 9.59 Å². The molecule has 0 unspecified atom stereocenters. The molecule has 4 rings (SSSR count). The summed E-state index contributed by atoms with van der Waals surface area (Å²) in [5.41, 5.74) is 4.35. The lowest BCUT2D eigenvalue weighted by Gasteiger charge is -2.44. The number of anilines is 1. The SMILES string of the molecule is Cc1cccc(NC(=O)N2CCC3(CC2)SCCN3C(=O)CCc2ccccc2)c1C. The number of rotatable bonds is 4. The van der Waals surface area contributed by atoms with Crippen LogP contribution < -0.4 is 5.32 Å². The molecule has 1 spiro atoms. The van der Waals surface area contributed by atoms with E-state index in [1.807, 2.05) is 53.9 Å². The van der Waals surface area contributed by atoms with Crippen molar-refractivity contribution in [2.75, 3.05) is 30.7 Å². The predicted molar refractivity (Wildman–Crippen MR) is 127 cm³/mol. The Morgan fingerprint density at radius 1 is 1.00 bits per heavy atom. The summed E-state index contributed by atoms with van der Waals surface area (Å²) in [5.74, 6) is 1.22. The van der Waals surface area contributed by atoms with Crippen LogP contribution in [-0.4, -0.2) is 52.0 Å². The molecule has 2 fully saturated rings. The first-order chi connectivity index (χ1) is 15.0. The van der Waals surface area contributed by atoms with E-state index in [2.05, 4.69) is 35.3 Å². The molecule has 2 aromatic carbocycles. The molecule has 2 aliphatic heterocycles. The number of hydrogen-bond acceptors (Lipinski definition) is 3. The van der Waals surface area contributed by atoms with Crippen molar-refractivity contribution >= 4 is 29.4 Å². The summed E-state index contributed by atoms with van der Waals surface area (Å²) in [6, 6.07) is 16.1. The molecule has 164 valence electrons. The van der Waals surface area contributed by atoms with Gasteiger partial charge in [0.15, 0.2) is 0 Å². The normalized spacial score (nSPS) is 17.7. The minimum atomic E-state index is -0.149. The highest BCUT2D eigenvalue weighted by Gasteiger charge is 2.46. The maximum atomic E-state index is 13.0. The lowest BCUT2D eigenvalue weighted by molar-refractivity contribution is -0.134. The molecule has 0 saturated carbocycles. The van der Waals surface area contributed by atoms with E-state index in [0.29, 0.717) is 19.5 Å². The molecular formula is C25H31N3O2S. The molecule has 2 aliphatic rings. The average molecular weight is 438 g/mol. The largest absolute Gasteiger partial charge is 0.327 e. The minimum Gasteiger partial charge on any atom is -0.327 e. The fourth-order valence-corrected chi connectivity index (χ4v) is 6.02. The number of nitrogens with one attached hydrogen (secondary N) is 1. The Balaban J connectivity index is 1.34. The van der Waals surface area contributed by atoms with E-state index in [1.54, 1.807) is 0 Å². The molecular weight excluding hydrogens is 406 g/mol. The second-order valence-electron chi connectivity index (χ2n) is 8.49. The van der Waals surface area contributed by atoms with E-state index < -0.39 is 0 Å². The van der Waals surface area contributed by atoms with Crippen molar-refractivity contribution in [2.24, 2.45) is 0 Å². The molecule has 0 bridgehead atoms. The second kappa shape index (κ2) is 9.35. The summed E-state index contributed by atoms with van der Waals surface area (Å²) in [6.45, 7) is 6.24. The summed E-state index contributed by atoms with van der Waals surface area (Å²) >= 11 is 1.89. The van der Waals surface area contributed by atoms with Gasteiger partial charge in [-0.25, -0.2) is 4.79 Å². The van der Waals surface area contributed by atoms with Crippen molar-refractivity contribution in [3.05, 3.63) is 65.2 Å². The monoisotopic (exact) mass is 437 g/mol. The Kier molecular flexibility index (Phi) is 6.56. The smallest absolute Gasteiger partial charge is 0.321 e. The first-order valence-corrected chi connectivity index (χ1v) is 12.1. The molecule has 2 heterocycles. The van der Waals surface area contributed by atoms with Gasteiger partial charge in [-0.1, -0.05) is 42.5 Å². The Morgan fingerprint density at radius 3 is 2.48 bits per heavy atom. The average Bonchev–Trinajstić information content (AvgIpc) is 3.19. The number of thioether (sulfide) groups is 1. The van der Waals surface area contributed by atoms with Crippen molar-refractivity contribution in [2.45, 2.75) is 44.4 Å². The standard InChI is InChI=1S/C25H31N3O2S/c1-19-7-6-10-22(20(19)2)26-24(30)27-15-13-25(14-16-27)28(17-18-31-25)23(29)12-11-21-8-4-3-5-9-21/h3-10H,11-18H2,1-2H3,(H,26,30). The van der Waals surface area contributed by atoms with Crippen LogP contribution in [0.3, 0.4) is 0 Å². The third-order valence-electron chi connectivity index (χ3n) is 6.63. The van der Waals surface area contributed by atoms with Gasteiger partial charge in [0, 0.05) is 37.5 Å². The summed E-state index contributed by atoms with van der Waals surface area (Å²) in [4.78, 5) is 29.7. The van der Waals surface area contributed by atoms with E-state index in [1.165, 1.54) is 11.1 Å². The van der Waals surface area contributed by atoms with Gasteiger partial charge in [0.2, 0.25) is 5.91 Å². The number of piperidine rings is 1. The number of amides is 3. The third-order valence-corrected chi connectivity index (χ3v) is 8.18. The van der Waals surface area contributed by atoms with Crippen molar-refractivity contribution in [1.29, 1.82) is 0 Å². The number of nitrogens with zero attached hydrogens (tertiary/aromatic N) is 2. The summed E-state index contributed by atoms with van der Waals surface area (Å²) in [5, 5.41) is 3.07. The van der Waals surface area contributed by atoms with Crippen LogP contribution in [-0.2, 0) is 11.2 Å². The van der Waals surface area contributed by atoms with E-state index in [4.69, 9.17) is 0 Å². The highest BCUT2D eigenvalue weighted by atomic mass is 32.2. The van der Waals surface area contributed by atoms with Gasteiger partial charge in [0.25, 0.3) is 0 Å². The van der Waals surface area contributed by atoms with Crippen LogP contribution in [0.15, 0.2) is 48.5 Å². The Labute approximate surface area is 189 Å². The fourth-order valence-electron chi connectivity index (χ4n) is 4.55.